The van der Waals surface area contributed by atoms with E-state index in [-0.39, 0.29) is 6.42 Å². The molecule has 1 saturated heterocycles. The van der Waals surface area contributed by atoms with Crippen LogP contribution in [0.25, 0.3) is 0 Å². The number of carbonyl (C=O) groups is 2. The zero-order valence-electron chi connectivity index (χ0n) is 15.2. The van der Waals surface area contributed by atoms with Gasteiger partial charge in [0, 0.05) is 17.5 Å². The van der Waals surface area contributed by atoms with Crippen LogP contribution >= 0.6 is 0 Å². The Kier molecular flexibility index (Phi) is 5.83. The topological polar surface area (TPSA) is 67.4 Å². The molecule has 1 heterocycles. The molecule has 2 rings (SSSR count). The first-order valence-electron chi connectivity index (χ1n) is 8.46. The van der Waals surface area contributed by atoms with Crippen molar-refractivity contribution >= 4 is 12.0 Å². The third-order valence-corrected chi connectivity index (χ3v) is 4.20. The van der Waals surface area contributed by atoms with Crippen molar-refractivity contribution in [3.63, 3.8) is 0 Å². The quantitative estimate of drug-likeness (QED) is 0.800. The van der Waals surface area contributed by atoms with E-state index in [0.717, 1.165) is 6.07 Å². The Morgan fingerprint density at radius 1 is 1.27 bits per heavy atom. The van der Waals surface area contributed by atoms with Crippen LogP contribution in [0.15, 0.2) is 12.1 Å². The van der Waals surface area contributed by atoms with Gasteiger partial charge in [-0.2, -0.15) is 0 Å². The molecule has 1 aliphatic rings. The van der Waals surface area contributed by atoms with Crippen molar-refractivity contribution in [2.24, 2.45) is 0 Å². The SMILES string of the molecule is CCC1NC(=O)C(NC(=O)OC(C)(C)C)CC1c1c(F)ccc(F)c1F. The fraction of sp³-hybridized carbons (Fsp3) is 0.556. The Morgan fingerprint density at radius 2 is 1.88 bits per heavy atom. The molecule has 0 radical (unpaired) electrons. The normalized spacial score (nSPS) is 23.3. The largest absolute Gasteiger partial charge is 0.444 e. The summed E-state index contributed by atoms with van der Waals surface area (Å²) in [4.78, 5) is 24.2. The first kappa shape index (κ1) is 20.1. The molecule has 0 saturated carbocycles. The van der Waals surface area contributed by atoms with Crippen LogP contribution in [0.1, 0.15) is 52.0 Å². The number of amides is 2. The molecule has 0 bridgehead atoms. The summed E-state index contributed by atoms with van der Waals surface area (Å²) in [6, 6.07) is -0.0510. The Hall–Kier alpha value is -2.25. The predicted molar refractivity (Wildman–Crippen MR) is 89.1 cm³/mol. The van der Waals surface area contributed by atoms with Crippen LogP contribution in [0.5, 0.6) is 0 Å². The molecule has 1 fully saturated rings. The second-order valence-corrected chi connectivity index (χ2v) is 7.32. The van der Waals surface area contributed by atoms with Gasteiger partial charge in [0.1, 0.15) is 17.5 Å². The van der Waals surface area contributed by atoms with Gasteiger partial charge in [0.05, 0.1) is 0 Å². The highest BCUT2D eigenvalue weighted by Crippen LogP contribution is 2.34. The highest BCUT2D eigenvalue weighted by Gasteiger charge is 2.39. The summed E-state index contributed by atoms with van der Waals surface area (Å²) < 4.78 is 47.1. The molecular weight excluding hydrogens is 349 g/mol. The number of rotatable bonds is 3. The van der Waals surface area contributed by atoms with E-state index in [2.05, 4.69) is 10.6 Å². The van der Waals surface area contributed by atoms with Gasteiger partial charge in [-0.05, 0) is 45.7 Å². The highest BCUT2D eigenvalue weighted by molar-refractivity contribution is 5.87. The number of halogens is 3. The molecule has 0 aromatic heterocycles. The van der Waals surface area contributed by atoms with E-state index in [1.54, 1.807) is 27.7 Å². The molecule has 8 heteroatoms. The third-order valence-electron chi connectivity index (χ3n) is 4.20. The van der Waals surface area contributed by atoms with Gasteiger partial charge in [0.2, 0.25) is 5.91 Å². The molecule has 1 aliphatic heterocycles. The van der Waals surface area contributed by atoms with Crippen LogP contribution in [0.2, 0.25) is 0 Å². The van der Waals surface area contributed by atoms with Crippen LogP contribution < -0.4 is 10.6 Å². The summed E-state index contributed by atoms with van der Waals surface area (Å²) >= 11 is 0. The number of ether oxygens (including phenoxy) is 1. The zero-order chi connectivity index (χ0) is 19.6. The fourth-order valence-corrected chi connectivity index (χ4v) is 3.07. The lowest BCUT2D eigenvalue weighted by Gasteiger charge is -2.37. The molecule has 2 amide bonds. The molecule has 0 aliphatic carbocycles. The van der Waals surface area contributed by atoms with Gasteiger partial charge in [-0.25, -0.2) is 18.0 Å². The summed E-state index contributed by atoms with van der Waals surface area (Å²) in [6.07, 6.45) is -0.488. The predicted octanol–water partition coefficient (Wildman–Crippen LogP) is 3.38. The van der Waals surface area contributed by atoms with Crippen molar-refractivity contribution in [2.75, 3.05) is 0 Å². The van der Waals surface area contributed by atoms with Gasteiger partial charge in [-0.3, -0.25) is 4.79 Å². The number of nitrogens with one attached hydrogen (secondary N) is 2. The second kappa shape index (κ2) is 7.55. The number of benzene rings is 1. The molecular formula is C18H23F3N2O3. The smallest absolute Gasteiger partial charge is 0.408 e. The Bertz CT molecular complexity index is 704. The Balaban J connectivity index is 2.28. The Morgan fingerprint density at radius 3 is 2.46 bits per heavy atom. The standard InChI is InChI=1S/C18H23F3N2O3/c1-5-12-9(14-10(19)6-7-11(20)15(14)21)8-13(16(24)22-12)23-17(25)26-18(2,3)4/h6-7,9,12-13H,5,8H2,1-4H3,(H,22,24)(H,23,25). The number of carbonyl (C=O) groups excluding carboxylic acids is 2. The average molecular weight is 372 g/mol. The van der Waals surface area contributed by atoms with E-state index in [1.165, 1.54) is 0 Å². The van der Waals surface area contributed by atoms with Gasteiger partial charge in [-0.15, -0.1) is 0 Å². The van der Waals surface area contributed by atoms with Gasteiger partial charge < -0.3 is 15.4 Å². The van der Waals surface area contributed by atoms with Crippen molar-refractivity contribution in [3.8, 4) is 0 Å². The maximum atomic E-state index is 14.2. The van der Waals surface area contributed by atoms with Crippen LogP contribution in [-0.2, 0) is 9.53 Å². The van der Waals surface area contributed by atoms with E-state index < -0.39 is 58.6 Å². The first-order chi connectivity index (χ1) is 12.0. The van der Waals surface area contributed by atoms with E-state index >= 15 is 0 Å². The first-order valence-corrected chi connectivity index (χ1v) is 8.46. The average Bonchev–Trinajstić information content (AvgIpc) is 2.52. The maximum absolute atomic E-state index is 14.2. The van der Waals surface area contributed by atoms with Crippen LogP contribution in [-0.4, -0.2) is 29.7 Å². The van der Waals surface area contributed by atoms with E-state index in [0.29, 0.717) is 12.5 Å². The third kappa shape index (κ3) is 4.47. The number of hydrogen-bond donors (Lipinski definition) is 2. The summed E-state index contributed by atoms with van der Waals surface area (Å²) in [5, 5.41) is 5.05. The maximum Gasteiger partial charge on any atom is 0.408 e. The number of piperidine rings is 1. The molecule has 0 spiro atoms. The lowest BCUT2D eigenvalue weighted by Crippen LogP contribution is -2.57. The number of alkyl carbamates (subject to hydrolysis) is 1. The summed E-state index contributed by atoms with van der Waals surface area (Å²) in [5.41, 5.74) is -1.19. The lowest BCUT2D eigenvalue weighted by atomic mass is 9.80. The molecule has 1 aromatic carbocycles. The van der Waals surface area contributed by atoms with Crippen molar-refractivity contribution in [2.45, 2.75) is 64.1 Å². The van der Waals surface area contributed by atoms with Gasteiger partial charge in [0.15, 0.2) is 11.6 Å². The van der Waals surface area contributed by atoms with E-state index in [1.807, 2.05) is 0 Å². The summed E-state index contributed by atoms with van der Waals surface area (Å²) in [5.74, 6) is -4.63. The fourth-order valence-electron chi connectivity index (χ4n) is 3.07. The molecule has 3 unspecified atom stereocenters. The van der Waals surface area contributed by atoms with Crippen LogP contribution in [0.3, 0.4) is 0 Å². The van der Waals surface area contributed by atoms with Crippen molar-refractivity contribution in [1.82, 2.24) is 10.6 Å². The van der Waals surface area contributed by atoms with Crippen molar-refractivity contribution in [3.05, 3.63) is 35.1 Å². The Labute approximate surface area is 150 Å². The second-order valence-electron chi connectivity index (χ2n) is 7.32. The van der Waals surface area contributed by atoms with Crippen LogP contribution in [0.4, 0.5) is 18.0 Å². The van der Waals surface area contributed by atoms with Gasteiger partial charge in [-0.1, -0.05) is 6.92 Å². The molecule has 2 N–H and O–H groups in total. The zero-order valence-corrected chi connectivity index (χ0v) is 15.2. The summed E-state index contributed by atoms with van der Waals surface area (Å²) in [6.45, 7) is 6.75. The van der Waals surface area contributed by atoms with Crippen molar-refractivity contribution in [1.29, 1.82) is 0 Å². The van der Waals surface area contributed by atoms with Gasteiger partial charge in [0.25, 0.3) is 0 Å². The van der Waals surface area contributed by atoms with E-state index in [9.17, 15) is 22.8 Å². The molecule has 1 aromatic rings. The van der Waals surface area contributed by atoms with Gasteiger partial charge >= 0.3 is 6.09 Å². The minimum atomic E-state index is -1.28. The highest BCUT2D eigenvalue weighted by atomic mass is 19.2. The molecule has 26 heavy (non-hydrogen) atoms. The monoisotopic (exact) mass is 372 g/mol. The van der Waals surface area contributed by atoms with E-state index in [4.69, 9.17) is 4.74 Å². The van der Waals surface area contributed by atoms with Crippen molar-refractivity contribution < 1.29 is 27.5 Å². The lowest BCUT2D eigenvalue weighted by molar-refractivity contribution is -0.126. The van der Waals surface area contributed by atoms with Crippen LogP contribution in [0, 0.1) is 17.5 Å². The molecule has 3 atom stereocenters. The summed E-state index contributed by atoms with van der Waals surface area (Å²) in [7, 11) is 0. The molecule has 5 nitrogen and oxygen atoms in total. The number of hydrogen-bond acceptors (Lipinski definition) is 3. The minimum Gasteiger partial charge on any atom is -0.444 e. The molecule has 144 valence electrons. The minimum absolute atomic E-state index is 0.0686.